The summed E-state index contributed by atoms with van der Waals surface area (Å²) in [6.07, 6.45) is 3.72. The van der Waals surface area contributed by atoms with Crippen LogP contribution in [0.1, 0.15) is 18.7 Å². The Kier molecular flexibility index (Phi) is 6.00. The summed E-state index contributed by atoms with van der Waals surface area (Å²) in [4.78, 5) is 14.8. The number of rotatable bonds is 6. The second-order valence-corrected chi connectivity index (χ2v) is 7.01. The second kappa shape index (κ2) is 8.42. The highest BCUT2D eigenvalue weighted by Gasteiger charge is 2.26. The summed E-state index contributed by atoms with van der Waals surface area (Å²) in [5.41, 5.74) is 0.843. The summed E-state index contributed by atoms with van der Waals surface area (Å²) in [6.45, 7) is 8.65. The van der Waals surface area contributed by atoms with Crippen LogP contribution in [0.15, 0.2) is 43.0 Å². The van der Waals surface area contributed by atoms with Crippen LogP contribution in [-0.2, 0) is 18.0 Å². The highest BCUT2D eigenvalue weighted by molar-refractivity contribution is 7.71. The zero-order valence-corrected chi connectivity index (χ0v) is 15.9. The normalized spacial score (nSPS) is 17.8. The highest BCUT2D eigenvalue weighted by Crippen LogP contribution is 2.19. The molecule has 1 N–H and O–H groups in total. The van der Waals surface area contributed by atoms with Gasteiger partial charge in [0.15, 0.2) is 4.77 Å². The monoisotopic (exact) mass is 371 g/mol. The zero-order valence-electron chi connectivity index (χ0n) is 15.1. The van der Waals surface area contributed by atoms with E-state index < -0.39 is 0 Å². The van der Waals surface area contributed by atoms with Gasteiger partial charge < -0.3 is 9.88 Å². The Hall–Kier alpha value is -2.25. The number of hydrogen-bond donors (Lipinski definition) is 1. The van der Waals surface area contributed by atoms with Crippen molar-refractivity contribution in [2.24, 2.45) is 5.92 Å². The number of hydrogen-bond acceptors (Lipinski definition) is 4. The van der Waals surface area contributed by atoms with Crippen LogP contribution in [0.2, 0.25) is 0 Å². The van der Waals surface area contributed by atoms with Gasteiger partial charge in [-0.25, -0.2) is 4.68 Å². The smallest absolute Gasteiger partial charge is 0.228 e. The van der Waals surface area contributed by atoms with Crippen LogP contribution < -0.4 is 5.32 Å². The van der Waals surface area contributed by atoms with E-state index in [0.717, 1.165) is 30.9 Å². The number of likely N-dealkylation sites (tertiary alicyclic amines) is 1. The average Bonchev–Trinajstić information content (AvgIpc) is 2.90. The molecule has 1 aromatic heterocycles. The Bertz CT molecular complexity index is 826. The molecule has 0 spiro atoms. The number of carbonyl (C=O) groups is 1. The molecule has 1 unspecified atom stereocenters. The number of allylic oxidation sites excluding steroid dienone is 1. The van der Waals surface area contributed by atoms with Crippen LogP contribution in [0, 0.1) is 17.6 Å². The van der Waals surface area contributed by atoms with Gasteiger partial charge >= 0.3 is 0 Å². The Labute approximate surface area is 159 Å². The van der Waals surface area contributed by atoms with Crippen molar-refractivity contribution >= 4 is 23.8 Å². The van der Waals surface area contributed by atoms with Gasteiger partial charge in [-0.1, -0.05) is 24.3 Å². The molecule has 0 saturated carbocycles. The standard InChI is InChI=1S/C19H25N5OS/c1-3-11-23-15(2)21-24(19(23)26)14-22-12-7-8-16(13-22)18(25)20-17-9-5-4-6-10-17/h3-6,9-10,16H,1,7-8,11-14H2,2H3,(H,20,25). The van der Waals surface area contributed by atoms with Gasteiger partial charge in [-0.2, -0.15) is 5.10 Å². The van der Waals surface area contributed by atoms with Crippen LogP contribution >= 0.6 is 12.2 Å². The molecule has 1 aliphatic heterocycles. The number of anilines is 1. The second-order valence-electron chi connectivity index (χ2n) is 6.64. The first kappa shape index (κ1) is 18.5. The van der Waals surface area contributed by atoms with Gasteiger partial charge in [0.2, 0.25) is 5.91 Å². The number of para-hydroxylation sites is 1. The van der Waals surface area contributed by atoms with E-state index in [2.05, 4.69) is 21.9 Å². The minimum absolute atomic E-state index is 0.0190. The van der Waals surface area contributed by atoms with Gasteiger partial charge in [-0.15, -0.1) is 6.58 Å². The van der Waals surface area contributed by atoms with Crippen molar-refractivity contribution in [1.29, 1.82) is 0 Å². The van der Waals surface area contributed by atoms with E-state index in [9.17, 15) is 4.79 Å². The number of amides is 1. The minimum Gasteiger partial charge on any atom is -0.326 e. The first-order chi connectivity index (χ1) is 12.6. The number of benzene rings is 1. The Balaban J connectivity index is 1.64. The summed E-state index contributed by atoms with van der Waals surface area (Å²) < 4.78 is 4.50. The maximum atomic E-state index is 12.6. The van der Waals surface area contributed by atoms with Crippen molar-refractivity contribution in [1.82, 2.24) is 19.2 Å². The SMILES string of the molecule is C=CCn1c(C)nn(CN2CCCC(C(=O)Nc3ccccc3)C2)c1=S. The molecule has 3 rings (SSSR count). The van der Waals surface area contributed by atoms with E-state index >= 15 is 0 Å². The largest absolute Gasteiger partial charge is 0.326 e. The molecule has 0 bridgehead atoms. The molecule has 0 aliphatic carbocycles. The molecule has 7 heteroatoms. The van der Waals surface area contributed by atoms with E-state index in [-0.39, 0.29) is 11.8 Å². The van der Waals surface area contributed by atoms with Crippen molar-refractivity contribution in [2.75, 3.05) is 18.4 Å². The number of aryl methyl sites for hydroxylation is 1. The summed E-state index contributed by atoms with van der Waals surface area (Å²) in [6, 6.07) is 9.60. The Morgan fingerprint density at radius 1 is 1.42 bits per heavy atom. The van der Waals surface area contributed by atoms with Crippen LogP contribution in [-0.4, -0.2) is 38.2 Å². The van der Waals surface area contributed by atoms with Crippen molar-refractivity contribution in [3.05, 3.63) is 53.6 Å². The number of nitrogens with one attached hydrogen (secondary N) is 1. The van der Waals surface area contributed by atoms with Crippen LogP contribution in [0.3, 0.4) is 0 Å². The topological polar surface area (TPSA) is 55.1 Å². The fourth-order valence-corrected chi connectivity index (χ4v) is 3.64. The first-order valence-corrected chi connectivity index (χ1v) is 9.32. The van der Waals surface area contributed by atoms with Gasteiger partial charge in [0.05, 0.1) is 12.6 Å². The molecule has 2 aromatic rings. The molecule has 1 aliphatic rings. The maximum Gasteiger partial charge on any atom is 0.228 e. The third kappa shape index (κ3) is 4.28. The third-order valence-electron chi connectivity index (χ3n) is 4.67. The fraction of sp³-hybridized carbons (Fsp3) is 0.421. The van der Waals surface area contributed by atoms with Crippen molar-refractivity contribution in [3.8, 4) is 0 Å². The van der Waals surface area contributed by atoms with Crippen molar-refractivity contribution < 1.29 is 4.79 Å². The van der Waals surface area contributed by atoms with Crippen molar-refractivity contribution in [2.45, 2.75) is 33.0 Å². The lowest BCUT2D eigenvalue weighted by molar-refractivity contribution is -0.121. The summed E-state index contributed by atoms with van der Waals surface area (Å²) in [7, 11) is 0. The summed E-state index contributed by atoms with van der Waals surface area (Å²) in [5, 5.41) is 7.56. The molecule has 1 atom stereocenters. The van der Waals surface area contributed by atoms with Gasteiger partial charge in [0, 0.05) is 18.8 Å². The van der Waals surface area contributed by atoms with Gasteiger partial charge in [0.25, 0.3) is 0 Å². The molecular weight excluding hydrogens is 346 g/mol. The number of piperidine rings is 1. The lowest BCUT2D eigenvalue weighted by Gasteiger charge is -2.31. The van der Waals surface area contributed by atoms with Crippen LogP contribution in [0.5, 0.6) is 0 Å². The van der Waals surface area contributed by atoms with Gasteiger partial charge in [-0.05, 0) is 50.7 Å². The quantitative estimate of drug-likeness (QED) is 0.626. The van der Waals surface area contributed by atoms with Crippen molar-refractivity contribution in [3.63, 3.8) is 0 Å². The van der Waals surface area contributed by atoms with E-state index in [1.54, 1.807) is 0 Å². The molecule has 6 nitrogen and oxygen atoms in total. The number of carbonyl (C=O) groups excluding carboxylic acids is 1. The minimum atomic E-state index is -0.0190. The van der Waals surface area contributed by atoms with E-state index in [1.807, 2.05) is 52.6 Å². The molecule has 2 heterocycles. The number of nitrogens with zero attached hydrogens (tertiary/aromatic N) is 4. The fourth-order valence-electron chi connectivity index (χ4n) is 3.33. The molecule has 1 saturated heterocycles. The van der Waals surface area contributed by atoms with E-state index in [4.69, 9.17) is 12.2 Å². The maximum absolute atomic E-state index is 12.6. The van der Waals surface area contributed by atoms with Crippen LogP contribution in [0.25, 0.3) is 0 Å². The molecule has 138 valence electrons. The van der Waals surface area contributed by atoms with E-state index in [1.165, 1.54) is 0 Å². The molecular formula is C19H25N5OS. The van der Waals surface area contributed by atoms with Gasteiger partial charge in [0.1, 0.15) is 5.82 Å². The summed E-state index contributed by atoms with van der Waals surface area (Å²) >= 11 is 5.52. The average molecular weight is 372 g/mol. The first-order valence-electron chi connectivity index (χ1n) is 8.92. The Morgan fingerprint density at radius 2 is 2.19 bits per heavy atom. The van der Waals surface area contributed by atoms with Crippen LogP contribution in [0.4, 0.5) is 5.69 Å². The molecule has 1 fully saturated rings. The van der Waals surface area contributed by atoms with E-state index in [0.29, 0.717) is 24.5 Å². The Morgan fingerprint density at radius 3 is 2.92 bits per heavy atom. The lowest BCUT2D eigenvalue weighted by atomic mass is 9.97. The molecule has 0 radical (unpaired) electrons. The predicted molar refractivity (Wildman–Crippen MR) is 105 cm³/mol. The summed E-state index contributed by atoms with van der Waals surface area (Å²) in [5.74, 6) is 0.942. The zero-order chi connectivity index (χ0) is 18.5. The molecule has 1 amide bonds. The molecule has 26 heavy (non-hydrogen) atoms. The lowest BCUT2D eigenvalue weighted by Crippen LogP contribution is -2.41. The third-order valence-corrected chi connectivity index (χ3v) is 5.10. The van der Waals surface area contributed by atoms with Gasteiger partial charge in [-0.3, -0.25) is 9.69 Å². The predicted octanol–water partition coefficient (Wildman–Crippen LogP) is 3.22. The highest BCUT2D eigenvalue weighted by atomic mass is 32.1. The number of aromatic nitrogens is 3. The molecule has 1 aromatic carbocycles.